The Balaban J connectivity index is 1.80. The van der Waals surface area contributed by atoms with E-state index in [2.05, 4.69) is 61.2 Å². The molecule has 2 aromatic rings. The molecule has 1 unspecified atom stereocenters. The normalized spacial score (nSPS) is 15.2. The second-order valence-electron chi connectivity index (χ2n) is 5.79. The minimum atomic E-state index is 0.0704. The van der Waals surface area contributed by atoms with Crippen LogP contribution in [0, 0.1) is 13.8 Å². The van der Waals surface area contributed by atoms with Crippen molar-refractivity contribution in [2.45, 2.75) is 26.3 Å². The SMILES string of the molecule is Cc1ccc(C)c(C(N)CN2CCc3ccccc32)c1. The summed E-state index contributed by atoms with van der Waals surface area (Å²) in [6.07, 6.45) is 1.13. The lowest BCUT2D eigenvalue weighted by Crippen LogP contribution is -2.31. The first-order valence-corrected chi connectivity index (χ1v) is 7.31. The Bertz CT molecular complexity index is 619. The molecule has 3 rings (SSSR count). The van der Waals surface area contributed by atoms with Gasteiger partial charge in [-0.3, -0.25) is 0 Å². The lowest BCUT2D eigenvalue weighted by molar-refractivity contribution is 0.677. The largest absolute Gasteiger partial charge is 0.369 e. The maximum absolute atomic E-state index is 6.46. The van der Waals surface area contributed by atoms with Crippen LogP contribution in [0.15, 0.2) is 42.5 Å². The third kappa shape index (κ3) is 2.44. The molecule has 0 bridgehead atoms. The lowest BCUT2D eigenvalue weighted by Gasteiger charge is -2.25. The Hall–Kier alpha value is -1.80. The molecule has 1 atom stereocenters. The molecule has 0 saturated carbocycles. The Morgan fingerprint density at radius 3 is 2.80 bits per heavy atom. The van der Waals surface area contributed by atoms with E-state index >= 15 is 0 Å². The van der Waals surface area contributed by atoms with Crippen molar-refractivity contribution in [3.8, 4) is 0 Å². The summed E-state index contributed by atoms with van der Waals surface area (Å²) >= 11 is 0. The van der Waals surface area contributed by atoms with Crippen LogP contribution >= 0.6 is 0 Å². The number of rotatable bonds is 3. The summed E-state index contributed by atoms with van der Waals surface area (Å²) in [4.78, 5) is 2.42. The van der Waals surface area contributed by atoms with Crippen LogP contribution in [0.5, 0.6) is 0 Å². The highest BCUT2D eigenvalue weighted by Crippen LogP contribution is 2.29. The zero-order chi connectivity index (χ0) is 14.1. The molecule has 0 aromatic heterocycles. The summed E-state index contributed by atoms with van der Waals surface area (Å²) in [5, 5.41) is 0. The van der Waals surface area contributed by atoms with Crippen LogP contribution < -0.4 is 10.6 Å². The van der Waals surface area contributed by atoms with E-state index in [1.165, 1.54) is 27.9 Å². The van der Waals surface area contributed by atoms with E-state index < -0.39 is 0 Å². The van der Waals surface area contributed by atoms with E-state index in [-0.39, 0.29) is 6.04 Å². The van der Waals surface area contributed by atoms with Gasteiger partial charge in [-0.1, -0.05) is 42.0 Å². The third-order valence-corrected chi connectivity index (χ3v) is 4.23. The van der Waals surface area contributed by atoms with Gasteiger partial charge in [0, 0.05) is 24.8 Å². The van der Waals surface area contributed by atoms with E-state index in [1.54, 1.807) is 0 Å². The van der Waals surface area contributed by atoms with E-state index in [4.69, 9.17) is 5.73 Å². The second kappa shape index (κ2) is 5.29. The standard InChI is InChI=1S/C18H22N2/c1-13-7-8-14(2)16(11-13)17(19)12-20-10-9-15-5-3-4-6-18(15)20/h3-8,11,17H,9-10,12,19H2,1-2H3. The van der Waals surface area contributed by atoms with Gasteiger partial charge in [0.25, 0.3) is 0 Å². The number of para-hydroxylation sites is 1. The van der Waals surface area contributed by atoms with Crippen LogP contribution in [0.25, 0.3) is 0 Å². The first-order chi connectivity index (χ1) is 9.65. The van der Waals surface area contributed by atoms with Gasteiger partial charge in [0.05, 0.1) is 0 Å². The van der Waals surface area contributed by atoms with Crippen molar-refractivity contribution in [1.82, 2.24) is 0 Å². The predicted molar refractivity (Wildman–Crippen MR) is 85.2 cm³/mol. The van der Waals surface area contributed by atoms with Gasteiger partial charge in [-0.2, -0.15) is 0 Å². The zero-order valence-electron chi connectivity index (χ0n) is 12.3. The summed E-state index contributed by atoms with van der Waals surface area (Å²) < 4.78 is 0. The number of hydrogen-bond donors (Lipinski definition) is 1. The molecule has 2 N–H and O–H groups in total. The molecule has 2 aromatic carbocycles. The number of fused-ring (bicyclic) bond motifs is 1. The second-order valence-corrected chi connectivity index (χ2v) is 5.79. The maximum atomic E-state index is 6.46. The van der Waals surface area contributed by atoms with Crippen molar-refractivity contribution >= 4 is 5.69 Å². The van der Waals surface area contributed by atoms with Crippen molar-refractivity contribution in [2.24, 2.45) is 5.73 Å². The molecule has 2 nitrogen and oxygen atoms in total. The van der Waals surface area contributed by atoms with Gasteiger partial charge < -0.3 is 10.6 Å². The van der Waals surface area contributed by atoms with Gasteiger partial charge in [-0.15, -0.1) is 0 Å². The number of nitrogens with two attached hydrogens (primary N) is 1. The summed E-state index contributed by atoms with van der Waals surface area (Å²) in [5.41, 5.74) is 13.1. The third-order valence-electron chi connectivity index (χ3n) is 4.23. The number of nitrogens with zero attached hydrogens (tertiary/aromatic N) is 1. The molecule has 20 heavy (non-hydrogen) atoms. The van der Waals surface area contributed by atoms with Crippen LogP contribution in [0.4, 0.5) is 5.69 Å². The van der Waals surface area contributed by atoms with Crippen LogP contribution in [0.1, 0.15) is 28.3 Å². The number of benzene rings is 2. The van der Waals surface area contributed by atoms with Gasteiger partial charge in [0.15, 0.2) is 0 Å². The van der Waals surface area contributed by atoms with Gasteiger partial charge in [0.2, 0.25) is 0 Å². The van der Waals surface area contributed by atoms with Gasteiger partial charge in [-0.05, 0) is 43.0 Å². The Labute approximate surface area is 121 Å². The fourth-order valence-corrected chi connectivity index (χ4v) is 3.09. The highest BCUT2D eigenvalue weighted by Gasteiger charge is 2.21. The Kier molecular flexibility index (Phi) is 3.49. The van der Waals surface area contributed by atoms with E-state index in [1.807, 2.05) is 0 Å². The molecule has 1 heterocycles. The van der Waals surface area contributed by atoms with Crippen LogP contribution in [-0.4, -0.2) is 13.1 Å². The molecule has 2 heteroatoms. The highest BCUT2D eigenvalue weighted by atomic mass is 15.2. The van der Waals surface area contributed by atoms with Crippen molar-refractivity contribution in [3.63, 3.8) is 0 Å². The average molecular weight is 266 g/mol. The van der Waals surface area contributed by atoms with Gasteiger partial charge >= 0.3 is 0 Å². The summed E-state index contributed by atoms with van der Waals surface area (Å²) in [6, 6.07) is 15.3. The molecular formula is C18H22N2. The molecule has 104 valence electrons. The van der Waals surface area contributed by atoms with E-state index in [0.29, 0.717) is 0 Å². The first-order valence-electron chi connectivity index (χ1n) is 7.31. The summed E-state index contributed by atoms with van der Waals surface area (Å²) in [6.45, 7) is 6.24. The molecular weight excluding hydrogens is 244 g/mol. The minimum absolute atomic E-state index is 0.0704. The molecule has 1 aliphatic rings. The lowest BCUT2D eigenvalue weighted by atomic mass is 9.99. The summed E-state index contributed by atoms with van der Waals surface area (Å²) in [5.74, 6) is 0. The number of aryl methyl sites for hydroxylation is 2. The van der Waals surface area contributed by atoms with Crippen LogP contribution in [-0.2, 0) is 6.42 Å². The predicted octanol–water partition coefficient (Wildman–Crippen LogP) is 3.37. The van der Waals surface area contributed by atoms with E-state index in [0.717, 1.165) is 19.5 Å². The maximum Gasteiger partial charge on any atom is 0.0475 e. The fourth-order valence-electron chi connectivity index (χ4n) is 3.09. The molecule has 0 fully saturated rings. The molecule has 0 radical (unpaired) electrons. The number of anilines is 1. The van der Waals surface area contributed by atoms with Crippen LogP contribution in [0.2, 0.25) is 0 Å². The first kappa shape index (κ1) is 13.2. The average Bonchev–Trinajstić information content (AvgIpc) is 2.85. The molecule has 1 aliphatic heterocycles. The van der Waals surface area contributed by atoms with Crippen molar-refractivity contribution in [3.05, 3.63) is 64.7 Å². The Morgan fingerprint density at radius 2 is 1.95 bits per heavy atom. The van der Waals surface area contributed by atoms with Crippen molar-refractivity contribution in [1.29, 1.82) is 0 Å². The number of hydrogen-bond acceptors (Lipinski definition) is 2. The Morgan fingerprint density at radius 1 is 1.15 bits per heavy atom. The molecule has 0 saturated heterocycles. The van der Waals surface area contributed by atoms with Crippen molar-refractivity contribution in [2.75, 3.05) is 18.0 Å². The van der Waals surface area contributed by atoms with Gasteiger partial charge in [0.1, 0.15) is 0 Å². The smallest absolute Gasteiger partial charge is 0.0475 e. The monoisotopic (exact) mass is 266 g/mol. The molecule has 0 amide bonds. The topological polar surface area (TPSA) is 29.3 Å². The summed E-state index contributed by atoms with van der Waals surface area (Å²) in [7, 11) is 0. The quantitative estimate of drug-likeness (QED) is 0.923. The van der Waals surface area contributed by atoms with Crippen molar-refractivity contribution < 1.29 is 0 Å². The van der Waals surface area contributed by atoms with Gasteiger partial charge in [-0.25, -0.2) is 0 Å². The zero-order valence-corrected chi connectivity index (χ0v) is 12.3. The van der Waals surface area contributed by atoms with Crippen LogP contribution in [0.3, 0.4) is 0 Å². The van der Waals surface area contributed by atoms with E-state index in [9.17, 15) is 0 Å². The highest BCUT2D eigenvalue weighted by molar-refractivity contribution is 5.58. The molecule has 0 aliphatic carbocycles. The molecule has 0 spiro atoms. The fraction of sp³-hybridized carbons (Fsp3) is 0.333. The minimum Gasteiger partial charge on any atom is -0.369 e.